The van der Waals surface area contributed by atoms with Crippen molar-refractivity contribution in [2.75, 3.05) is 13.1 Å². The third-order valence-electron chi connectivity index (χ3n) is 2.70. The van der Waals surface area contributed by atoms with Gasteiger partial charge >= 0.3 is 0 Å². The molecule has 0 radical (unpaired) electrons. The Hall–Kier alpha value is -1.36. The van der Waals surface area contributed by atoms with Gasteiger partial charge in [-0.2, -0.15) is 0 Å². The lowest BCUT2D eigenvalue weighted by Gasteiger charge is -2.38. The van der Waals surface area contributed by atoms with Crippen molar-refractivity contribution < 1.29 is 9.59 Å². The summed E-state index contributed by atoms with van der Waals surface area (Å²) in [5, 5.41) is 4.75. The van der Waals surface area contributed by atoms with E-state index in [4.69, 9.17) is 0 Å². The monoisotopic (exact) mass is 252 g/mol. The summed E-state index contributed by atoms with van der Waals surface area (Å²) in [6.45, 7) is 4.95. The number of thiophene rings is 1. The molecule has 1 fully saturated rings. The molecule has 0 atom stereocenters. The maximum atomic E-state index is 11.9. The van der Waals surface area contributed by atoms with Crippen LogP contribution in [0.25, 0.3) is 0 Å². The summed E-state index contributed by atoms with van der Waals surface area (Å²) in [6, 6.07) is 3.83. The van der Waals surface area contributed by atoms with E-state index in [0.717, 1.165) is 4.88 Å². The molecule has 2 amide bonds. The van der Waals surface area contributed by atoms with Gasteiger partial charge in [-0.25, -0.2) is 0 Å². The van der Waals surface area contributed by atoms with Crippen molar-refractivity contribution in [3.05, 3.63) is 22.4 Å². The second-order valence-corrected chi connectivity index (χ2v) is 5.50. The largest absolute Gasteiger partial charge is 0.354 e. The Morgan fingerprint density at radius 2 is 2.18 bits per heavy atom. The predicted octanol–water partition coefficient (Wildman–Crippen LogP) is 1.34. The number of hydrogen-bond donors (Lipinski definition) is 1. The number of nitrogens with one attached hydrogen (secondary N) is 1. The molecule has 17 heavy (non-hydrogen) atoms. The molecule has 0 aliphatic carbocycles. The molecule has 2 rings (SSSR count). The molecular formula is C12H16N2O2S. The highest BCUT2D eigenvalue weighted by Gasteiger charge is 2.36. The fraction of sp³-hybridized carbons (Fsp3) is 0.500. The Kier molecular flexibility index (Phi) is 3.47. The molecule has 1 N–H and O–H groups in total. The Bertz CT molecular complexity index is 408. The summed E-state index contributed by atoms with van der Waals surface area (Å²) in [5.74, 6) is 0.0464. The van der Waals surface area contributed by atoms with Crippen molar-refractivity contribution in [2.24, 2.45) is 5.92 Å². The highest BCUT2D eigenvalue weighted by molar-refractivity contribution is 7.12. The molecule has 1 aromatic heterocycles. The van der Waals surface area contributed by atoms with Gasteiger partial charge in [0.05, 0.1) is 10.8 Å². The minimum absolute atomic E-state index is 0.0357. The van der Waals surface area contributed by atoms with E-state index < -0.39 is 0 Å². The summed E-state index contributed by atoms with van der Waals surface area (Å²) in [7, 11) is 0. The van der Waals surface area contributed by atoms with Crippen LogP contribution in [0.5, 0.6) is 0 Å². The molecule has 1 aromatic rings. The number of amides is 2. The highest BCUT2D eigenvalue weighted by atomic mass is 32.1. The molecule has 1 saturated heterocycles. The van der Waals surface area contributed by atoms with Crippen LogP contribution in [-0.4, -0.2) is 35.8 Å². The minimum Gasteiger partial charge on any atom is -0.354 e. The summed E-state index contributed by atoms with van der Waals surface area (Å²) < 4.78 is 0. The predicted molar refractivity (Wildman–Crippen MR) is 67.0 cm³/mol. The first-order valence-corrected chi connectivity index (χ1v) is 6.59. The lowest BCUT2D eigenvalue weighted by atomic mass is 9.98. The lowest BCUT2D eigenvalue weighted by Crippen LogP contribution is -2.56. The van der Waals surface area contributed by atoms with Gasteiger partial charge in [0, 0.05) is 19.1 Å². The summed E-state index contributed by atoms with van der Waals surface area (Å²) in [6.07, 6.45) is 0. The zero-order chi connectivity index (χ0) is 12.4. The average molecular weight is 252 g/mol. The van der Waals surface area contributed by atoms with Gasteiger partial charge in [0.25, 0.3) is 5.91 Å². The van der Waals surface area contributed by atoms with Crippen LogP contribution >= 0.6 is 11.3 Å². The highest BCUT2D eigenvalue weighted by Crippen LogP contribution is 2.21. The van der Waals surface area contributed by atoms with E-state index in [0.29, 0.717) is 13.1 Å². The maximum Gasteiger partial charge on any atom is 0.263 e. The second kappa shape index (κ2) is 4.87. The molecule has 0 saturated carbocycles. The first-order valence-electron chi connectivity index (χ1n) is 5.71. The van der Waals surface area contributed by atoms with E-state index >= 15 is 0 Å². The fourth-order valence-electron chi connectivity index (χ4n) is 1.77. The van der Waals surface area contributed by atoms with Gasteiger partial charge in [-0.05, 0) is 25.3 Å². The number of nitrogens with zero attached hydrogens (tertiary/aromatic N) is 1. The van der Waals surface area contributed by atoms with Gasteiger partial charge < -0.3 is 10.2 Å². The molecule has 0 aromatic carbocycles. The van der Waals surface area contributed by atoms with Gasteiger partial charge in [0.15, 0.2) is 0 Å². The maximum absolute atomic E-state index is 11.9. The molecule has 1 aliphatic rings. The normalized spacial score (nSPS) is 15.8. The van der Waals surface area contributed by atoms with Crippen LogP contribution in [0, 0.1) is 5.92 Å². The molecule has 0 bridgehead atoms. The van der Waals surface area contributed by atoms with Crippen molar-refractivity contribution in [3.8, 4) is 0 Å². The number of rotatable bonds is 3. The van der Waals surface area contributed by atoms with Crippen molar-refractivity contribution in [2.45, 2.75) is 19.9 Å². The molecule has 1 aliphatic heterocycles. The summed E-state index contributed by atoms with van der Waals surface area (Å²) in [5.41, 5.74) is 0. The Labute approximate surface area is 105 Å². The first kappa shape index (κ1) is 12.1. The van der Waals surface area contributed by atoms with Crippen LogP contribution < -0.4 is 5.32 Å². The minimum atomic E-state index is -0.0405. The van der Waals surface area contributed by atoms with Gasteiger partial charge in [0.1, 0.15) is 0 Å². The van der Waals surface area contributed by atoms with E-state index in [1.54, 1.807) is 4.90 Å². The van der Waals surface area contributed by atoms with Crippen LogP contribution in [0.2, 0.25) is 0 Å². The molecule has 4 nitrogen and oxygen atoms in total. The zero-order valence-electron chi connectivity index (χ0n) is 9.97. The number of likely N-dealkylation sites (tertiary alicyclic amines) is 1. The third-order valence-corrected chi connectivity index (χ3v) is 3.56. The van der Waals surface area contributed by atoms with Crippen LogP contribution in [0.3, 0.4) is 0 Å². The van der Waals surface area contributed by atoms with Crippen LogP contribution in [-0.2, 0) is 4.79 Å². The molecule has 0 unspecified atom stereocenters. The average Bonchev–Trinajstić information content (AvgIpc) is 2.65. The number of hydrogen-bond acceptors (Lipinski definition) is 3. The van der Waals surface area contributed by atoms with E-state index in [1.807, 2.05) is 31.4 Å². The van der Waals surface area contributed by atoms with Crippen LogP contribution in [0.1, 0.15) is 23.5 Å². The Morgan fingerprint density at radius 1 is 1.47 bits per heavy atom. The lowest BCUT2D eigenvalue weighted by molar-refractivity contribution is -0.129. The first-order chi connectivity index (χ1) is 8.08. The Morgan fingerprint density at radius 3 is 2.71 bits per heavy atom. The van der Waals surface area contributed by atoms with Crippen molar-refractivity contribution in [1.29, 1.82) is 0 Å². The van der Waals surface area contributed by atoms with Crippen molar-refractivity contribution in [1.82, 2.24) is 10.2 Å². The molecule has 5 heteroatoms. The molecule has 92 valence electrons. The molecular weight excluding hydrogens is 236 g/mol. The summed E-state index contributed by atoms with van der Waals surface area (Å²) >= 11 is 1.44. The topological polar surface area (TPSA) is 49.4 Å². The van der Waals surface area contributed by atoms with Crippen LogP contribution in [0.15, 0.2) is 17.5 Å². The summed E-state index contributed by atoms with van der Waals surface area (Å²) in [4.78, 5) is 26.0. The SMILES string of the molecule is CC(C)NC(=O)C1CN(C(=O)c2cccs2)C1. The zero-order valence-corrected chi connectivity index (χ0v) is 10.8. The van der Waals surface area contributed by atoms with Gasteiger partial charge in [-0.15, -0.1) is 11.3 Å². The van der Waals surface area contributed by atoms with Gasteiger partial charge in [0.2, 0.25) is 5.91 Å². The number of carbonyl (C=O) groups is 2. The number of carbonyl (C=O) groups excluding carboxylic acids is 2. The van der Waals surface area contributed by atoms with E-state index in [9.17, 15) is 9.59 Å². The quantitative estimate of drug-likeness (QED) is 0.882. The Balaban J connectivity index is 1.83. The van der Waals surface area contributed by atoms with Gasteiger partial charge in [-0.1, -0.05) is 6.07 Å². The van der Waals surface area contributed by atoms with Gasteiger partial charge in [-0.3, -0.25) is 9.59 Å². The second-order valence-electron chi connectivity index (χ2n) is 4.55. The van der Waals surface area contributed by atoms with Crippen molar-refractivity contribution in [3.63, 3.8) is 0 Å². The smallest absolute Gasteiger partial charge is 0.263 e. The van der Waals surface area contributed by atoms with E-state index in [2.05, 4.69) is 5.32 Å². The van der Waals surface area contributed by atoms with E-state index in [-0.39, 0.29) is 23.8 Å². The molecule has 2 heterocycles. The third kappa shape index (κ3) is 2.66. The molecule has 0 spiro atoms. The van der Waals surface area contributed by atoms with Crippen molar-refractivity contribution >= 4 is 23.2 Å². The van der Waals surface area contributed by atoms with Crippen LogP contribution in [0.4, 0.5) is 0 Å². The van der Waals surface area contributed by atoms with E-state index in [1.165, 1.54) is 11.3 Å². The standard InChI is InChI=1S/C12H16N2O2S/c1-8(2)13-11(15)9-6-14(7-9)12(16)10-4-3-5-17-10/h3-5,8-9H,6-7H2,1-2H3,(H,13,15). The fourth-order valence-corrected chi connectivity index (χ4v) is 2.46.